The van der Waals surface area contributed by atoms with Crippen LogP contribution in [0.4, 0.5) is 10.6 Å². The Balaban J connectivity index is 1.63. The Labute approximate surface area is 158 Å². The van der Waals surface area contributed by atoms with Crippen molar-refractivity contribution in [2.24, 2.45) is 0 Å². The molecule has 7 heteroatoms. The zero-order chi connectivity index (χ0) is 19.2. The number of hydrogen-bond acceptors (Lipinski definition) is 4. The van der Waals surface area contributed by atoms with E-state index in [1.807, 2.05) is 61.9 Å². The van der Waals surface area contributed by atoms with Gasteiger partial charge in [0.1, 0.15) is 5.82 Å². The Kier molecular flexibility index (Phi) is 5.80. The van der Waals surface area contributed by atoms with Gasteiger partial charge in [0.25, 0.3) is 0 Å². The average Bonchev–Trinajstić information content (AvgIpc) is 3.06. The second-order valence-electron chi connectivity index (χ2n) is 6.60. The number of benzene rings is 1. The molecule has 0 aliphatic rings. The first kappa shape index (κ1) is 18.6. The highest BCUT2D eigenvalue weighted by molar-refractivity contribution is 5.89. The molecule has 1 aromatic carbocycles. The van der Waals surface area contributed by atoms with Crippen LogP contribution in [0, 0.1) is 6.92 Å². The van der Waals surface area contributed by atoms with Crippen molar-refractivity contribution in [1.82, 2.24) is 25.1 Å². The van der Waals surface area contributed by atoms with Gasteiger partial charge < -0.3 is 5.32 Å². The molecule has 0 radical (unpaired) electrons. The van der Waals surface area contributed by atoms with Crippen molar-refractivity contribution >= 4 is 11.8 Å². The predicted octanol–water partition coefficient (Wildman–Crippen LogP) is 3.59. The number of anilines is 1. The lowest BCUT2D eigenvalue weighted by Gasteiger charge is -2.12. The number of nitrogens with zero attached hydrogens (tertiary/aromatic N) is 4. The molecule has 0 unspecified atom stereocenters. The van der Waals surface area contributed by atoms with Gasteiger partial charge in [0.15, 0.2) is 0 Å². The third kappa shape index (κ3) is 4.91. The number of aryl methyl sites for hydroxylation is 1. The van der Waals surface area contributed by atoms with Crippen LogP contribution in [-0.2, 0) is 6.42 Å². The first-order chi connectivity index (χ1) is 13.0. The van der Waals surface area contributed by atoms with Crippen LogP contribution in [0.2, 0.25) is 0 Å². The van der Waals surface area contributed by atoms with Crippen LogP contribution in [0.1, 0.15) is 31.3 Å². The molecule has 2 heterocycles. The van der Waals surface area contributed by atoms with Gasteiger partial charge in [0.2, 0.25) is 0 Å². The van der Waals surface area contributed by atoms with Crippen molar-refractivity contribution in [3.63, 3.8) is 0 Å². The van der Waals surface area contributed by atoms with Gasteiger partial charge in [-0.2, -0.15) is 5.10 Å². The predicted molar refractivity (Wildman–Crippen MR) is 106 cm³/mol. The minimum absolute atomic E-state index is 0.125. The van der Waals surface area contributed by atoms with Gasteiger partial charge >= 0.3 is 6.03 Å². The van der Waals surface area contributed by atoms with Crippen molar-refractivity contribution in [1.29, 1.82) is 0 Å². The summed E-state index contributed by atoms with van der Waals surface area (Å²) in [5.41, 5.74) is 3.56. The van der Waals surface area contributed by atoms with E-state index < -0.39 is 0 Å². The summed E-state index contributed by atoms with van der Waals surface area (Å²) in [6.45, 7) is 6.43. The molecule has 0 fully saturated rings. The van der Waals surface area contributed by atoms with E-state index in [2.05, 4.69) is 25.7 Å². The highest BCUT2D eigenvalue weighted by atomic mass is 16.2. The summed E-state index contributed by atoms with van der Waals surface area (Å²) in [5.74, 6) is 0.664. The number of amides is 2. The molecule has 3 rings (SSSR count). The third-order valence-corrected chi connectivity index (χ3v) is 4.01. The SMILES string of the molecule is Cc1cncc(CCNC(=O)Nc2cc(-c3ccccc3)nn2C(C)C)n1. The molecule has 7 nitrogen and oxygen atoms in total. The topological polar surface area (TPSA) is 84.7 Å². The maximum absolute atomic E-state index is 12.3. The monoisotopic (exact) mass is 364 g/mol. The first-order valence-electron chi connectivity index (χ1n) is 9.00. The Hall–Kier alpha value is -3.22. The van der Waals surface area contributed by atoms with E-state index in [9.17, 15) is 4.79 Å². The van der Waals surface area contributed by atoms with Gasteiger partial charge in [-0.3, -0.25) is 15.3 Å². The molecule has 0 saturated carbocycles. The average molecular weight is 364 g/mol. The Morgan fingerprint density at radius 3 is 2.67 bits per heavy atom. The molecule has 0 atom stereocenters. The van der Waals surface area contributed by atoms with E-state index in [-0.39, 0.29) is 12.1 Å². The quantitative estimate of drug-likeness (QED) is 0.700. The second-order valence-corrected chi connectivity index (χ2v) is 6.60. The van der Waals surface area contributed by atoms with Crippen LogP contribution in [0.15, 0.2) is 48.8 Å². The molecule has 0 bridgehead atoms. The van der Waals surface area contributed by atoms with Crippen LogP contribution in [-0.4, -0.2) is 32.3 Å². The zero-order valence-electron chi connectivity index (χ0n) is 15.8. The highest BCUT2D eigenvalue weighted by Crippen LogP contribution is 2.24. The molecule has 2 N–H and O–H groups in total. The molecule has 27 heavy (non-hydrogen) atoms. The number of carbonyl (C=O) groups is 1. The molecule has 3 aromatic rings. The molecule has 140 valence electrons. The van der Waals surface area contributed by atoms with Crippen molar-refractivity contribution in [2.45, 2.75) is 33.2 Å². The van der Waals surface area contributed by atoms with Crippen LogP contribution in [0.3, 0.4) is 0 Å². The lowest BCUT2D eigenvalue weighted by atomic mass is 10.2. The van der Waals surface area contributed by atoms with Crippen molar-refractivity contribution in [3.8, 4) is 11.3 Å². The fraction of sp³-hybridized carbons (Fsp3) is 0.300. The number of nitrogens with one attached hydrogen (secondary N) is 2. The smallest absolute Gasteiger partial charge is 0.320 e. The molecular formula is C20H24N6O. The summed E-state index contributed by atoms with van der Waals surface area (Å²) in [4.78, 5) is 20.8. The van der Waals surface area contributed by atoms with Crippen LogP contribution >= 0.6 is 0 Å². The fourth-order valence-corrected chi connectivity index (χ4v) is 2.73. The Morgan fingerprint density at radius 2 is 1.96 bits per heavy atom. The number of rotatable bonds is 6. The molecule has 2 amide bonds. The largest absolute Gasteiger partial charge is 0.337 e. The first-order valence-corrected chi connectivity index (χ1v) is 9.00. The summed E-state index contributed by atoms with van der Waals surface area (Å²) in [7, 11) is 0. The maximum atomic E-state index is 12.3. The molecule has 0 saturated heterocycles. The highest BCUT2D eigenvalue weighted by Gasteiger charge is 2.14. The fourth-order valence-electron chi connectivity index (χ4n) is 2.73. The van der Waals surface area contributed by atoms with E-state index >= 15 is 0 Å². The lowest BCUT2D eigenvalue weighted by molar-refractivity contribution is 0.252. The zero-order valence-corrected chi connectivity index (χ0v) is 15.8. The minimum atomic E-state index is -0.267. The van der Waals surface area contributed by atoms with Crippen LogP contribution in [0.5, 0.6) is 0 Å². The summed E-state index contributed by atoms with van der Waals surface area (Å²) >= 11 is 0. The van der Waals surface area contributed by atoms with Gasteiger partial charge in [-0.15, -0.1) is 0 Å². The van der Waals surface area contributed by atoms with E-state index in [4.69, 9.17) is 0 Å². The molecule has 2 aromatic heterocycles. The summed E-state index contributed by atoms with van der Waals surface area (Å²) in [6, 6.07) is 11.7. The van der Waals surface area contributed by atoms with Gasteiger partial charge in [0, 0.05) is 43.0 Å². The van der Waals surface area contributed by atoms with Gasteiger partial charge in [0.05, 0.1) is 17.1 Å². The number of urea groups is 1. The van der Waals surface area contributed by atoms with Gasteiger partial charge in [-0.25, -0.2) is 9.48 Å². The van der Waals surface area contributed by atoms with Crippen LogP contribution < -0.4 is 10.6 Å². The van der Waals surface area contributed by atoms with Gasteiger partial charge in [-0.05, 0) is 20.8 Å². The molecule has 0 aliphatic carbocycles. The van der Waals surface area contributed by atoms with Crippen molar-refractivity contribution < 1.29 is 4.79 Å². The Morgan fingerprint density at radius 1 is 1.19 bits per heavy atom. The van der Waals surface area contributed by atoms with Crippen molar-refractivity contribution in [2.75, 3.05) is 11.9 Å². The second kappa shape index (κ2) is 8.44. The molecular weight excluding hydrogens is 340 g/mol. The van der Waals surface area contributed by atoms with Crippen LogP contribution in [0.25, 0.3) is 11.3 Å². The summed E-state index contributed by atoms with van der Waals surface area (Å²) in [6.07, 6.45) is 4.05. The number of hydrogen-bond donors (Lipinski definition) is 2. The maximum Gasteiger partial charge on any atom is 0.320 e. The number of aromatic nitrogens is 4. The van der Waals surface area contributed by atoms with E-state index in [1.54, 1.807) is 12.4 Å². The number of carbonyl (C=O) groups excluding carboxylic acids is 1. The standard InChI is InChI=1S/C20H24N6O/c1-14(2)26-19(11-18(25-26)16-7-5-4-6-8-16)24-20(27)22-10-9-17-13-21-12-15(3)23-17/h4-8,11-14H,9-10H2,1-3H3,(H2,22,24,27). The minimum Gasteiger partial charge on any atom is -0.337 e. The van der Waals surface area contributed by atoms with E-state index in [0.29, 0.717) is 18.8 Å². The normalized spacial score (nSPS) is 10.8. The van der Waals surface area contributed by atoms with E-state index in [1.165, 1.54) is 0 Å². The summed E-state index contributed by atoms with van der Waals surface area (Å²) in [5, 5.41) is 10.4. The van der Waals surface area contributed by atoms with Gasteiger partial charge in [-0.1, -0.05) is 30.3 Å². The molecule has 0 spiro atoms. The Bertz CT molecular complexity index is 904. The van der Waals surface area contributed by atoms with E-state index in [0.717, 1.165) is 22.6 Å². The van der Waals surface area contributed by atoms with Crippen molar-refractivity contribution in [3.05, 3.63) is 60.2 Å². The summed E-state index contributed by atoms with van der Waals surface area (Å²) < 4.78 is 1.81. The lowest BCUT2D eigenvalue weighted by Crippen LogP contribution is -2.31. The third-order valence-electron chi connectivity index (χ3n) is 4.01. The molecule has 0 aliphatic heterocycles.